The van der Waals surface area contributed by atoms with Crippen molar-refractivity contribution < 1.29 is 13.2 Å². The van der Waals surface area contributed by atoms with E-state index in [2.05, 4.69) is 35.6 Å². The normalized spacial score (nSPS) is 17.4. The molecule has 7 heteroatoms. The highest BCUT2D eigenvalue weighted by Crippen LogP contribution is 2.37. The molecule has 2 aromatic rings. The average molecular weight is 545 g/mol. The molecule has 0 radical (unpaired) electrons. The van der Waals surface area contributed by atoms with Gasteiger partial charge >= 0.3 is 0 Å². The van der Waals surface area contributed by atoms with E-state index in [4.69, 9.17) is 0 Å². The first-order valence-electron chi connectivity index (χ1n) is 14.0. The molecule has 1 heterocycles. The van der Waals surface area contributed by atoms with Gasteiger partial charge in [-0.3, -0.25) is 4.79 Å². The van der Waals surface area contributed by atoms with Crippen LogP contribution in [0.2, 0.25) is 0 Å². The second-order valence-electron chi connectivity index (χ2n) is 12.5. The van der Waals surface area contributed by atoms with E-state index < -0.39 is 15.6 Å². The van der Waals surface area contributed by atoms with E-state index in [1.54, 1.807) is 0 Å². The van der Waals surface area contributed by atoms with Crippen molar-refractivity contribution in [3.63, 3.8) is 0 Å². The molecule has 0 saturated heterocycles. The summed E-state index contributed by atoms with van der Waals surface area (Å²) in [5.74, 6) is 1.29. The van der Waals surface area contributed by atoms with Crippen LogP contribution in [0.15, 0.2) is 34.5 Å². The van der Waals surface area contributed by atoms with Gasteiger partial charge in [0.1, 0.15) is 4.21 Å². The van der Waals surface area contributed by atoms with E-state index in [1.165, 1.54) is 43.4 Å². The third-order valence-electron chi connectivity index (χ3n) is 7.16. The number of carbonyl (C=O) groups excluding carboxylic acids is 1. The van der Waals surface area contributed by atoms with Crippen LogP contribution in [0.3, 0.4) is 0 Å². The number of carbonyl (C=O) groups is 1. The number of nitrogens with zero attached hydrogens (tertiary/aromatic N) is 1. The molecule has 1 aromatic heterocycles. The zero-order valence-corrected chi connectivity index (χ0v) is 24.8. The largest absolute Gasteiger partial charge is 0.335 e. The van der Waals surface area contributed by atoms with E-state index in [1.807, 2.05) is 39.0 Å². The Hall–Kier alpha value is -1.70. The standard InChI is InChI=1S/C30H44N2O3S2/c1-21(2)17-26-19-27(29(36-26)37(34,35)31-30(3,4)5)24-13-11-23(12-14-24)20-32(25-15-16-25)28(33)18-22-9-7-6-8-10-22/h11-14,19,21-22,25,31H,6-10,15-18,20H2,1-5H3. The molecule has 0 unspecified atom stereocenters. The lowest BCUT2D eigenvalue weighted by atomic mass is 9.86. The number of amides is 1. The number of benzene rings is 1. The fourth-order valence-corrected chi connectivity index (χ4v) is 8.69. The Kier molecular flexibility index (Phi) is 8.86. The minimum absolute atomic E-state index is 0.302. The van der Waals surface area contributed by atoms with Crippen molar-refractivity contribution in [3.8, 4) is 11.1 Å². The molecule has 1 aromatic carbocycles. The summed E-state index contributed by atoms with van der Waals surface area (Å²) in [7, 11) is -3.65. The summed E-state index contributed by atoms with van der Waals surface area (Å²) >= 11 is 1.37. The smallest absolute Gasteiger partial charge is 0.251 e. The SMILES string of the molecule is CC(C)Cc1cc(-c2ccc(CN(C(=O)CC3CCCCC3)C3CC3)cc2)c(S(=O)(=O)NC(C)(C)C)s1. The molecule has 204 valence electrons. The van der Waals surface area contributed by atoms with E-state index >= 15 is 0 Å². The van der Waals surface area contributed by atoms with Crippen molar-refractivity contribution in [2.24, 2.45) is 11.8 Å². The van der Waals surface area contributed by atoms with Crippen molar-refractivity contribution in [1.29, 1.82) is 0 Å². The molecule has 5 nitrogen and oxygen atoms in total. The molecule has 2 saturated carbocycles. The Bertz CT molecular complexity index is 1170. The van der Waals surface area contributed by atoms with Crippen molar-refractivity contribution in [2.75, 3.05) is 0 Å². The van der Waals surface area contributed by atoms with E-state index in [-0.39, 0.29) is 0 Å². The van der Waals surface area contributed by atoms with Crippen LogP contribution in [0.5, 0.6) is 0 Å². The lowest BCUT2D eigenvalue weighted by Gasteiger charge is -2.27. The Balaban J connectivity index is 1.54. The second-order valence-corrected chi connectivity index (χ2v) is 15.5. The molecular weight excluding hydrogens is 500 g/mol. The van der Waals surface area contributed by atoms with Gasteiger partial charge in [0, 0.05) is 35.0 Å². The lowest BCUT2D eigenvalue weighted by molar-refractivity contribution is -0.133. The first-order chi connectivity index (χ1) is 17.4. The van der Waals surface area contributed by atoms with E-state index in [9.17, 15) is 13.2 Å². The first kappa shape index (κ1) is 28.3. The minimum Gasteiger partial charge on any atom is -0.335 e. The van der Waals surface area contributed by atoms with Gasteiger partial charge in [-0.1, -0.05) is 57.4 Å². The number of sulfonamides is 1. The molecule has 1 amide bonds. The maximum atomic E-state index is 13.3. The van der Waals surface area contributed by atoms with Crippen molar-refractivity contribution >= 4 is 27.3 Å². The zero-order chi connectivity index (χ0) is 26.8. The lowest BCUT2D eigenvalue weighted by Crippen LogP contribution is -2.40. The molecule has 0 bridgehead atoms. The number of hydrogen-bond donors (Lipinski definition) is 1. The van der Waals surface area contributed by atoms with Gasteiger partial charge in [-0.05, 0) is 81.9 Å². The minimum atomic E-state index is -3.65. The summed E-state index contributed by atoms with van der Waals surface area (Å²) in [5.41, 5.74) is 2.20. The maximum Gasteiger partial charge on any atom is 0.251 e. The van der Waals surface area contributed by atoms with Crippen LogP contribution in [0, 0.1) is 11.8 Å². The summed E-state index contributed by atoms with van der Waals surface area (Å²) in [6.07, 6.45) is 9.93. The molecule has 0 aliphatic heterocycles. The van der Waals surface area contributed by atoms with Crippen molar-refractivity contribution in [3.05, 3.63) is 40.8 Å². The van der Waals surface area contributed by atoms with Gasteiger partial charge in [-0.25, -0.2) is 13.1 Å². The summed E-state index contributed by atoms with van der Waals surface area (Å²) < 4.78 is 29.9. The number of thiophene rings is 1. The monoisotopic (exact) mass is 544 g/mol. The Morgan fingerprint density at radius 1 is 1.05 bits per heavy atom. The van der Waals surface area contributed by atoms with Crippen LogP contribution in [0.4, 0.5) is 0 Å². The molecule has 37 heavy (non-hydrogen) atoms. The number of rotatable bonds is 10. The van der Waals surface area contributed by atoms with Crippen molar-refractivity contribution in [1.82, 2.24) is 9.62 Å². The molecule has 0 spiro atoms. The molecule has 2 fully saturated rings. The molecule has 2 aliphatic carbocycles. The van der Waals surface area contributed by atoms with Gasteiger partial charge in [-0.15, -0.1) is 11.3 Å². The third-order valence-corrected chi connectivity index (χ3v) is 10.6. The number of nitrogens with one attached hydrogen (secondary N) is 1. The molecular formula is C30H44N2O3S2. The quantitative estimate of drug-likeness (QED) is 0.345. The zero-order valence-electron chi connectivity index (χ0n) is 23.2. The maximum absolute atomic E-state index is 13.3. The van der Waals surface area contributed by atoms with Crippen LogP contribution < -0.4 is 4.72 Å². The molecule has 1 N–H and O–H groups in total. The van der Waals surface area contributed by atoms with Crippen LogP contribution in [-0.4, -0.2) is 30.8 Å². The van der Waals surface area contributed by atoms with Gasteiger partial charge in [0.15, 0.2) is 0 Å². The first-order valence-corrected chi connectivity index (χ1v) is 16.3. The van der Waals surface area contributed by atoms with Crippen LogP contribution in [0.1, 0.15) is 96.4 Å². The van der Waals surface area contributed by atoms with Crippen LogP contribution in [-0.2, 0) is 27.8 Å². The van der Waals surface area contributed by atoms with Gasteiger partial charge in [-0.2, -0.15) is 0 Å². The highest BCUT2D eigenvalue weighted by molar-refractivity contribution is 7.91. The molecule has 2 aliphatic rings. The van der Waals surface area contributed by atoms with Gasteiger partial charge < -0.3 is 4.90 Å². The predicted molar refractivity (Wildman–Crippen MR) is 153 cm³/mol. The van der Waals surface area contributed by atoms with E-state index in [0.29, 0.717) is 41.0 Å². The predicted octanol–water partition coefficient (Wildman–Crippen LogP) is 7.15. The summed E-state index contributed by atoms with van der Waals surface area (Å²) in [6.45, 7) is 10.5. The Morgan fingerprint density at radius 2 is 1.70 bits per heavy atom. The summed E-state index contributed by atoms with van der Waals surface area (Å²) in [5, 5.41) is 0. The highest BCUT2D eigenvalue weighted by atomic mass is 32.2. The van der Waals surface area contributed by atoms with Gasteiger partial charge in [0.25, 0.3) is 10.0 Å². The highest BCUT2D eigenvalue weighted by Gasteiger charge is 2.34. The van der Waals surface area contributed by atoms with E-state index in [0.717, 1.165) is 40.8 Å². The van der Waals surface area contributed by atoms with Crippen molar-refractivity contribution in [2.45, 2.75) is 115 Å². The topological polar surface area (TPSA) is 66.5 Å². The molecule has 0 atom stereocenters. The number of hydrogen-bond acceptors (Lipinski definition) is 4. The molecule has 4 rings (SSSR count). The summed E-state index contributed by atoms with van der Waals surface area (Å²) in [6, 6.07) is 10.6. The average Bonchev–Trinajstić information content (AvgIpc) is 3.55. The summed E-state index contributed by atoms with van der Waals surface area (Å²) in [4.78, 5) is 16.4. The fraction of sp³-hybridized carbons (Fsp3) is 0.633. The second kappa shape index (κ2) is 11.6. The third kappa shape index (κ3) is 7.90. The fourth-order valence-electron chi connectivity index (χ4n) is 5.33. The Labute approximate surface area is 228 Å². The van der Waals surface area contributed by atoms with Crippen LogP contribution >= 0.6 is 11.3 Å². The Morgan fingerprint density at radius 3 is 2.27 bits per heavy atom. The van der Waals surface area contributed by atoms with Gasteiger partial charge in [0.05, 0.1) is 0 Å². The van der Waals surface area contributed by atoms with Gasteiger partial charge in [0.2, 0.25) is 5.91 Å². The van der Waals surface area contributed by atoms with Crippen LogP contribution in [0.25, 0.3) is 11.1 Å².